The van der Waals surface area contributed by atoms with Crippen LogP contribution in [0, 0.1) is 6.92 Å². The number of benzene rings is 1. The number of ether oxygens (including phenoxy) is 1. The third-order valence-electron chi connectivity index (χ3n) is 2.60. The van der Waals surface area contributed by atoms with Gasteiger partial charge in [0.1, 0.15) is 5.75 Å². The van der Waals surface area contributed by atoms with Crippen LogP contribution in [-0.4, -0.2) is 18.1 Å². The van der Waals surface area contributed by atoms with E-state index in [1.165, 1.54) is 0 Å². The second-order valence-electron chi connectivity index (χ2n) is 4.36. The molecule has 1 saturated carbocycles. The number of aryl methyl sites for hydroxylation is 1. The molecule has 0 aliphatic heterocycles. The minimum absolute atomic E-state index is 0.0241. The molecule has 0 bridgehead atoms. The van der Waals surface area contributed by atoms with Gasteiger partial charge in [0, 0.05) is 6.04 Å². The van der Waals surface area contributed by atoms with Crippen LogP contribution in [0.5, 0.6) is 5.75 Å². The topological polar surface area (TPSA) is 38.3 Å². The van der Waals surface area contributed by atoms with Crippen molar-refractivity contribution in [2.24, 2.45) is 0 Å². The Balaban J connectivity index is 1.90. The standard InChI is InChI=1S/C13H17NO2/c1-9-4-3-5-12(8-9)16-10(2)13(15)14-11-6-7-11/h3-5,8,10-11H,6-7H2,1-2H3,(H,14,15)/t10-/m1/s1. The molecule has 0 saturated heterocycles. The van der Waals surface area contributed by atoms with Crippen molar-refractivity contribution in [3.63, 3.8) is 0 Å². The monoisotopic (exact) mass is 219 g/mol. The number of nitrogens with one attached hydrogen (secondary N) is 1. The Labute approximate surface area is 95.8 Å². The Hall–Kier alpha value is -1.51. The normalized spacial score (nSPS) is 16.6. The van der Waals surface area contributed by atoms with Gasteiger partial charge in [-0.15, -0.1) is 0 Å². The molecule has 0 unspecified atom stereocenters. The van der Waals surface area contributed by atoms with E-state index in [-0.39, 0.29) is 5.91 Å². The van der Waals surface area contributed by atoms with Gasteiger partial charge in [-0.25, -0.2) is 0 Å². The molecular formula is C13H17NO2. The summed E-state index contributed by atoms with van der Waals surface area (Å²) in [6, 6.07) is 8.11. The molecule has 1 fully saturated rings. The Bertz CT molecular complexity index is 385. The summed E-state index contributed by atoms with van der Waals surface area (Å²) in [5.41, 5.74) is 1.13. The molecule has 1 aliphatic rings. The van der Waals surface area contributed by atoms with E-state index in [1.807, 2.05) is 31.2 Å². The largest absolute Gasteiger partial charge is 0.481 e. The summed E-state index contributed by atoms with van der Waals surface area (Å²) in [7, 11) is 0. The van der Waals surface area contributed by atoms with E-state index in [0.717, 1.165) is 24.2 Å². The summed E-state index contributed by atoms with van der Waals surface area (Å²) >= 11 is 0. The van der Waals surface area contributed by atoms with Crippen molar-refractivity contribution in [1.29, 1.82) is 0 Å². The van der Waals surface area contributed by atoms with Gasteiger partial charge < -0.3 is 10.1 Å². The second kappa shape index (κ2) is 4.56. The first-order chi connectivity index (χ1) is 7.65. The maximum absolute atomic E-state index is 11.6. The summed E-state index contributed by atoms with van der Waals surface area (Å²) in [5.74, 6) is 0.724. The fourth-order valence-corrected chi connectivity index (χ4v) is 1.49. The van der Waals surface area contributed by atoms with Crippen LogP contribution in [0.2, 0.25) is 0 Å². The van der Waals surface area contributed by atoms with Gasteiger partial charge >= 0.3 is 0 Å². The zero-order chi connectivity index (χ0) is 11.5. The van der Waals surface area contributed by atoms with Gasteiger partial charge in [0.2, 0.25) is 0 Å². The first-order valence-corrected chi connectivity index (χ1v) is 5.69. The number of carbonyl (C=O) groups is 1. The summed E-state index contributed by atoms with van der Waals surface area (Å²) in [6.45, 7) is 3.78. The smallest absolute Gasteiger partial charge is 0.260 e. The van der Waals surface area contributed by atoms with Crippen LogP contribution in [0.25, 0.3) is 0 Å². The van der Waals surface area contributed by atoms with Crippen LogP contribution in [0.4, 0.5) is 0 Å². The molecule has 1 amide bonds. The van der Waals surface area contributed by atoms with Crippen molar-refractivity contribution in [2.75, 3.05) is 0 Å². The number of hydrogen-bond acceptors (Lipinski definition) is 2. The molecule has 0 spiro atoms. The van der Waals surface area contributed by atoms with E-state index in [1.54, 1.807) is 6.92 Å². The van der Waals surface area contributed by atoms with E-state index < -0.39 is 6.10 Å². The summed E-state index contributed by atoms with van der Waals surface area (Å²) < 4.78 is 5.57. The van der Waals surface area contributed by atoms with Gasteiger partial charge in [0.25, 0.3) is 5.91 Å². The molecule has 1 aliphatic carbocycles. The Morgan fingerprint density at radius 2 is 2.25 bits per heavy atom. The van der Waals surface area contributed by atoms with Gasteiger partial charge in [-0.3, -0.25) is 4.79 Å². The highest BCUT2D eigenvalue weighted by molar-refractivity contribution is 5.81. The third kappa shape index (κ3) is 2.99. The molecule has 1 N–H and O–H groups in total. The quantitative estimate of drug-likeness (QED) is 0.841. The Kier molecular flexibility index (Phi) is 3.13. The molecule has 3 nitrogen and oxygen atoms in total. The lowest BCUT2D eigenvalue weighted by Gasteiger charge is -2.14. The highest BCUT2D eigenvalue weighted by atomic mass is 16.5. The molecule has 1 aromatic rings. The number of amides is 1. The van der Waals surface area contributed by atoms with E-state index in [9.17, 15) is 4.79 Å². The van der Waals surface area contributed by atoms with E-state index in [2.05, 4.69) is 5.32 Å². The van der Waals surface area contributed by atoms with Gasteiger partial charge in [-0.2, -0.15) is 0 Å². The van der Waals surface area contributed by atoms with Crippen LogP contribution in [0.3, 0.4) is 0 Å². The van der Waals surface area contributed by atoms with Crippen molar-refractivity contribution >= 4 is 5.91 Å². The van der Waals surface area contributed by atoms with Gasteiger partial charge in [0.05, 0.1) is 0 Å². The number of rotatable bonds is 4. The molecule has 3 heteroatoms. The van der Waals surface area contributed by atoms with Crippen LogP contribution in [-0.2, 0) is 4.79 Å². The first-order valence-electron chi connectivity index (χ1n) is 5.69. The summed E-state index contributed by atoms with van der Waals surface area (Å²) in [6.07, 6.45) is 1.77. The average molecular weight is 219 g/mol. The fraction of sp³-hybridized carbons (Fsp3) is 0.462. The van der Waals surface area contributed by atoms with E-state index >= 15 is 0 Å². The van der Waals surface area contributed by atoms with Gasteiger partial charge in [0.15, 0.2) is 6.10 Å². The molecule has 1 atom stereocenters. The highest BCUT2D eigenvalue weighted by Crippen LogP contribution is 2.19. The molecule has 1 aromatic carbocycles. The van der Waals surface area contributed by atoms with Crippen LogP contribution in [0.1, 0.15) is 25.3 Å². The lowest BCUT2D eigenvalue weighted by atomic mass is 10.2. The van der Waals surface area contributed by atoms with E-state index in [4.69, 9.17) is 4.74 Å². The molecule has 0 aromatic heterocycles. The van der Waals surface area contributed by atoms with Crippen LogP contribution < -0.4 is 10.1 Å². The molecule has 0 radical (unpaired) electrons. The molecule has 16 heavy (non-hydrogen) atoms. The van der Waals surface area contributed by atoms with Gasteiger partial charge in [-0.1, -0.05) is 12.1 Å². The zero-order valence-electron chi connectivity index (χ0n) is 9.69. The summed E-state index contributed by atoms with van der Waals surface area (Å²) in [5, 5.41) is 2.92. The van der Waals surface area contributed by atoms with E-state index in [0.29, 0.717) is 6.04 Å². The SMILES string of the molecule is Cc1cccc(O[C@H](C)C(=O)NC2CC2)c1. The maximum atomic E-state index is 11.6. The third-order valence-corrected chi connectivity index (χ3v) is 2.60. The highest BCUT2D eigenvalue weighted by Gasteiger charge is 2.26. The van der Waals surface area contributed by atoms with Crippen LogP contribution >= 0.6 is 0 Å². The molecular weight excluding hydrogens is 202 g/mol. The minimum atomic E-state index is -0.428. The second-order valence-corrected chi connectivity index (χ2v) is 4.36. The van der Waals surface area contributed by atoms with Crippen molar-refractivity contribution in [3.8, 4) is 5.75 Å². The lowest BCUT2D eigenvalue weighted by Crippen LogP contribution is -2.37. The minimum Gasteiger partial charge on any atom is -0.481 e. The Morgan fingerprint density at radius 1 is 1.50 bits per heavy atom. The van der Waals surface area contributed by atoms with Crippen LogP contribution in [0.15, 0.2) is 24.3 Å². The molecule has 0 heterocycles. The molecule has 86 valence electrons. The maximum Gasteiger partial charge on any atom is 0.260 e. The first kappa shape index (κ1) is 11.0. The fourth-order valence-electron chi connectivity index (χ4n) is 1.49. The van der Waals surface area contributed by atoms with Crippen molar-refractivity contribution in [2.45, 2.75) is 38.8 Å². The lowest BCUT2D eigenvalue weighted by molar-refractivity contribution is -0.127. The summed E-state index contributed by atoms with van der Waals surface area (Å²) in [4.78, 5) is 11.6. The number of hydrogen-bond donors (Lipinski definition) is 1. The molecule has 2 rings (SSSR count). The predicted octanol–water partition coefficient (Wildman–Crippen LogP) is 2.04. The zero-order valence-corrected chi connectivity index (χ0v) is 9.69. The van der Waals surface area contributed by atoms with Crippen molar-refractivity contribution in [1.82, 2.24) is 5.32 Å². The predicted molar refractivity (Wildman–Crippen MR) is 62.4 cm³/mol. The van der Waals surface area contributed by atoms with Crippen molar-refractivity contribution in [3.05, 3.63) is 29.8 Å². The Morgan fingerprint density at radius 3 is 2.88 bits per heavy atom. The average Bonchev–Trinajstić information content (AvgIpc) is 3.01. The van der Waals surface area contributed by atoms with Gasteiger partial charge in [-0.05, 0) is 44.4 Å². The van der Waals surface area contributed by atoms with Crippen molar-refractivity contribution < 1.29 is 9.53 Å². The number of carbonyl (C=O) groups excluding carboxylic acids is 1.